The molecule has 2 atom stereocenters. The number of para-hydroxylation sites is 1. The zero-order valence-electron chi connectivity index (χ0n) is 10.6. The number of ether oxygens (including phenoxy) is 2. The molecule has 1 amide bonds. The highest BCUT2D eigenvalue weighted by Crippen LogP contribution is 2.22. The molecule has 1 aromatic rings. The van der Waals surface area contributed by atoms with Crippen LogP contribution in [0.5, 0.6) is 5.75 Å². The summed E-state index contributed by atoms with van der Waals surface area (Å²) in [4.78, 5) is 11.6. The first-order valence-electron chi connectivity index (χ1n) is 6.42. The van der Waals surface area contributed by atoms with E-state index in [1.807, 2.05) is 18.2 Å². The summed E-state index contributed by atoms with van der Waals surface area (Å²) in [5.74, 6) is 0.961. The van der Waals surface area contributed by atoms with Crippen LogP contribution in [0.4, 0.5) is 4.79 Å². The van der Waals surface area contributed by atoms with E-state index in [9.17, 15) is 4.79 Å². The predicted octanol–water partition coefficient (Wildman–Crippen LogP) is 2.59. The van der Waals surface area contributed by atoms with Crippen LogP contribution in [0.1, 0.15) is 19.8 Å². The van der Waals surface area contributed by atoms with Gasteiger partial charge in [0.15, 0.2) is 0 Å². The number of nitrogens with one attached hydrogen (secondary N) is 1. The molecular formula is C14H19NO3. The van der Waals surface area contributed by atoms with Crippen LogP contribution in [-0.2, 0) is 4.74 Å². The molecule has 0 radical (unpaired) electrons. The van der Waals surface area contributed by atoms with Crippen molar-refractivity contribution in [1.29, 1.82) is 0 Å². The number of carbonyl (C=O) groups excluding carboxylic acids is 1. The lowest BCUT2D eigenvalue weighted by atomic mass is 10.00. The van der Waals surface area contributed by atoms with Crippen molar-refractivity contribution in [2.75, 3.05) is 13.2 Å². The van der Waals surface area contributed by atoms with Gasteiger partial charge in [-0.2, -0.15) is 0 Å². The Bertz CT molecular complexity index is 380. The SMILES string of the molecule is CCC1OCCC1CNC(=O)Oc1ccccc1. The van der Waals surface area contributed by atoms with Crippen LogP contribution in [0, 0.1) is 5.92 Å². The summed E-state index contributed by atoms with van der Waals surface area (Å²) in [5, 5.41) is 2.80. The van der Waals surface area contributed by atoms with Gasteiger partial charge in [0.1, 0.15) is 5.75 Å². The number of rotatable bonds is 4. The van der Waals surface area contributed by atoms with Gasteiger partial charge >= 0.3 is 6.09 Å². The molecule has 0 aliphatic carbocycles. The number of amides is 1. The summed E-state index contributed by atoms with van der Waals surface area (Å²) in [7, 11) is 0. The normalized spacial score (nSPS) is 22.7. The molecule has 1 heterocycles. The average molecular weight is 249 g/mol. The van der Waals surface area contributed by atoms with Gasteiger partial charge in [-0.25, -0.2) is 4.79 Å². The Morgan fingerprint density at radius 1 is 1.44 bits per heavy atom. The Morgan fingerprint density at radius 3 is 2.94 bits per heavy atom. The first-order chi connectivity index (χ1) is 8.79. The number of benzene rings is 1. The van der Waals surface area contributed by atoms with E-state index in [0.29, 0.717) is 18.2 Å². The Kier molecular flexibility index (Phi) is 4.59. The smallest absolute Gasteiger partial charge is 0.410 e. The third-order valence-corrected chi connectivity index (χ3v) is 3.21. The van der Waals surface area contributed by atoms with E-state index in [1.54, 1.807) is 12.1 Å². The lowest BCUT2D eigenvalue weighted by molar-refractivity contribution is 0.0872. The number of hydrogen-bond donors (Lipinski definition) is 1. The molecule has 4 nitrogen and oxygen atoms in total. The van der Waals surface area contributed by atoms with E-state index in [-0.39, 0.29) is 6.10 Å². The minimum Gasteiger partial charge on any atom is -0.410 e. The van der Waals surface area contributed by atoms with Crippen LogP contribution < -0.4 is 10.1 Å². The van der Waals surface area contributed by atoms with Crippen LogP contribution in [0.25, 0.3) is 0 Å². The van der Waals surface area contributed by atoms with Crippen molar-refractivity contribution in [3.63, 3.8) is 0 Å². The maximum Gasteiger partial charge on any atom is 0.412 e. The molecule has 2 rings (SSSR count). The maximum atomic E-state index is 11.6. The second kappa shape index (κ2) is 6.40. The van der Waals surface area contributed by atoms with E-state index in [2.05, 4.69) is 12.2 Å². The molecule has 0 spiro atoms. The molecule has 1 fully saturated rings. The Hall–Kier alpha value is -1.55. The standard InChI is InChI=1S/C14H19NO3/c1-2-13-11(8-9-17-13)10-15-14(16)18-12-6-4-3-5-7-12/h3-7,11,13H,2,8-10H2,1H3,(H,15,16). The molecule has 18 heavy (non-hydrogen) atoms. The molecule has 1 aromatic carbocycles. The third kappa shape index (κ3) is 3.47. The third-order valence-electron chi connectivity index (χ3n) is 3.21. The van der Waals surface area contributed by atoms with Crippen molar-refractivity contribution in [2.45, 2.75) is 25.9 Å². The summed E-state index contributed by atoms with van der Waals surface area (Å²) >= 11 is 0. The van der Waals surface area contributed by atoms with Gasteiger partial charge < -0.3 is 14.8 Å². The molecule has 1 N–H and O–H groups in total. The minimum absolute atomic E-state index is 0.266. The highest BCUT2D eigenvalue weighted by molar-refractivity contribution is 5.70. The highest BCUT2D eigenvalue weighted by atomic mass is 16.6. The second-order valence-electron chi connectivity index (χ2n) is 4.45. The van der Waals surface area contributed by atoms with Crippen LogP contribution >= 0.6 is 0 Å². The van der Waals surface area contributed by atoms with Gasteiger partial charge in [-0.15, -0.1) is 0 Å². The van der Waals surface area contributed by atoms with E-state index in [1.165, 1.54) is 0 Å². The van der Waals surface area contributed by atoms with Gasteiger partial charge in [0, 0.05) is 19.1 Å². The fraction of sp³-hybridized carbons (Fsp3) is 0.500. The van der Waals surface area contributed by atoms with Gasteiger partial charge in [-0.05, 0) is 25.0 Å². The molecule has 0 saturated carbocycles. The van der Waals surface area contributed by atoms with E-state index in [4.69, 9.17) is 9.47 Å². The molecule has 0 bridgehead atoms. The lowest BCUT2D eigenvalue weighted by Gasteiger charge is -2.16. The largest absolute Gasteiger partial charge is 0.412 e. The Labute approximate surface area is 107 Å². The molecule has 2 unspecified atom stereocenters. The lowest BCUT2D eigenvalue weighted by Crippen LogP contribution is -2.34. The Balaban J connectivity index is 1.75. The summed E-state index contributed by atoms with van der Waals surface area (Å²) < 4.78 is 10.7. The van der Waals surface area contributed by atoms with Crippen molar-refractivity contribution in [2.24, 2.45) is 5.92 Å². The molecule has 1 aliphatic rings. The quantitative estimate of drug-likeness (QED) is 0.892. The fourth-order valence-corrected chi connectivity index (χ4v) is 2.22. The molecule has 1 aliphatic heterocycles. The monoisotopic (exact) mass is 249 g/mol. The van der Waals surface area contributed by atoms with Crippen molar-refractivity contribution in [3.05, 3.63) is 30.3 Å². The van der Waals surface area contributed by atoms with Gasteiger partial charge in [0.05, 0.1) is 6.10 Å². The first-order valence-corrected chi connectivity index (χ1v) is 6.42. The first kappa shape index (κ1) is 12.9. The van der Waals surface area contributed by atoms with Gasteiger partial charge in [0.2, 0.25) is 0 Å². The second-order valence-corrected chi connectivity index (χ2v) is 4.45. The average Bonchev–Trinajstić information content (AvgIpc) is 2.85. The molecular weight excluding hydrogens is 230 g/mol. The summed E-state index contributed by atoms with van der Waals surface area (Å²) in [6, 6.07) is 9.06. The zero-order chi connectivity index (χ0) is 12.8. The van der Waals surface area contributed by atoms with Crippen molar-refractivity contribution < 1.29 is 14.3 Å². The maximum absolute atomic E-state index is 11.6. The van der Waals surface area contributed by atoms with E-state index < -0.39 is 6.09 Å². The van der Waals surface area contributed by atoms with Gasteiger partial charge in [-0.1, -0.05) is 25.1 Å². The van der Waals surface area contributed by atoms with Crippen molar-refractivity contribution >= 4 is 6.09 Å². The fourth-order valence-electron chi connectivity index (χ4n) is 2.22. The van der Waals surface area contributed by atoms with Gasteiger partial charge in [-0.3, -0.25) is 0 Å². The van der Waals surface area contributed by atoms with Crippen molar-refractivity contribution in [1.82, 2.24) is 5.32 Å². The van der Waals surface area contributed by atoms with Crippen LogP contribution in [0.2, 0.25) is 0 Å². The van der Waals surface area contributed by atoms with Crippen LogP contribution in [0.15, 0.2) is 30.3 Å². The molecule has 0 aromatic heterocycles. The minimum atomic E-state index is -0.400. The number of hydrogen-bond acceptors (Lipinski definition) is 3. The zero-order valence-corrected chi connectivity index (χ0v) is 10.6. The van der Waals surface area contributed by atoms with Gasteiger partial charge in [0.25, 0.3) is 0 Å². The van der Waals surface area contributed by atoms with Crippen LogP contribution in [0.3, 0.4) is 0 Å². The topological polar surface area (TPSA) is 47.6 Å². The Morgan fingerprint density at radius 2 is 2.22 bits per heavy atom. The summed E-state index contributed by atoms with van der Waals surface area (Å²) in [5.41, 5.74) is 0. The highest BCUT2D eigenvalue weighted by Gasteiger charge is 2.26. The molecule has 1 saturated heterocycles. The van der Waals surface area contributed by atoms with E-state index >= 15 is 0 Å². The number of carbonyl (C=O) groups is 1. The van der Waals surface area contributed by atoms with Crippen molar-refractivity contribution in [3.8, 4) is 5.75 Å². The predicted molar refractivity (Wildman–Crippen MR) is 68.6 cm³/mol. The summed E-state index contributed by atoms with van der Waals surface area (Å²) in [6.45, 7) is 3.51. The molecule has 4 heteroatoms. The van der Waals surface area contributed by atoms with E-state index in [0.717, 1.165) is 19.4 Å². The van der Waals surface area contributed by atoms with Crippen LogP contribution in [-0.4, -0.2) is 25.3 Å². The summed E-state index contributed by atoms with van der Waals surface area (Å²) in [6.07, 6.45) is 1.86. The molecule has 98 valence electrons.